The molecular weight excluding hydrogens is 368 g/mol. The highest BCUT2D eigenvalue weighted by molar-refractivity contribution is 6.15. The van der Waals surface area contributed by atoms with E-state index in [1.165, 1.54) is 0 Å². The van der Waals surface area contributed by atoms with E-state index >= 15 is 0 Å². The third kappa shape index (κ3) is 1.51. The van der Waals surface area contributed by atoms with E-state index < -0.39 is 65.1 Å². The lowest BCUT2D eigenvalue weighted by Gasteiger charge is -2.62. The summed E-state index contributed by atoms with van der Waals surface area (Å²) >= 11 is 0. The van der Waals surface area contributed by atoms with E-state index in [-0.39, 0.29) is 18.1 Å². The number of ketones is 1. The first-order valence-electron chi connectivity index (χ1n) is 9.99. The molecule has 152 valence electrons. The van der Waals surface area contributed by atoms with Crippen LogP contribution in [-0.4, -0.2) is 58.2 Å². The first kappa shape index (κ1) is 17.5. The van der Waals surface area contributed by atoms with Gasteiger partial charge in [0.15, 0.2) is 24.7 Å². The molecule has 3 N–H and O–H groups in total. The van der Waals surface area contributed by atoms with Crippen LogP contribution in [0.2, 0.25) is 0 Å². The lowest BCUT2D eigenvalue weighted by molar-refractivity contribution is -0.305. The van der Waals surface area contributed by atoms with Crippen molar-refractivity contribution < 1.29 is 39.1 Å². The van der Waals surface area contributed by atoms with Crippen LogP contribution in [0.4, 0.5) is 0 Å². The van der Waals surface area contributed by atoms with Gasteiger partial charge in [-0.1, -0.05) is 13.5 Å². The van der Waals surface area contributed by atoms with Crippen LogP contribution >= 0.6 is 0 Å². The van der Waals surface area contributed by atoms with Crippen molar-refractivity contribution in [2.45, 2.75) is 63.7 Å². The monoisotopic (exact) mass is 392 g/mol. The number of rotatable bonds is 0. The molecule has 0 aromatic heterocycles. The van der Waals surface area contributed by atoms with Gasteiger partial charge in [0.1, 0.15) is 11.5 Å². The first-order chi connectivity index (χ1) is 13.2. The summed E-state index contributed by atoms with van der Waals surface area (Å²) in [5, 5.41) is 32.9. The Labute approximate surface area is 161 Å². The number of allylic oxidation sites excluding steroid dienone is 1. The molecule has 28 heavy (non-hydrogen) atoms. The van der Waals surface area contributed by atoms with Crippen LogP contribution in [0.5, 0.6) is 0 Å². The maximum absolute atomic E-state index is 13.3. The van der Waals surface area contributed by atoms with Gasteiger partial charge in [-0.2, -0.15) is 0 Å². The van der Waals surface area contributed by atoms with Gasteiger partial charge < -0.3 is 29.5 Å². The predicted molar refractivity (Wildman–Crippen MR) is 89.9 cm³/mol. The molecule has 8 heteroatoms. The molecule has 6 aliphatic rings. The van der Waals surface area contributed by atoms with Crippen LogP contribution in [0, 0.1) is 34.0 Å². The Balaban J connectivity index is 1.62. The fourth-order valence-corrected chi connectivity index (χ4v) is 7.80. The standard InChI is InChI=1S/C20H24O8/c1-7-8-5-9(21)11-19(6-8,13(7)22)16(24)26-10-3-4-18(2)12-14(27-15(18)23)28-17(25)20(10,11)12/h8-12,14-15,17,21,23,25H,1,3-6H2,2H3/t8-,9+,10-,11+,12+,14-,15?,17?,18+,19-,20?/m0/s1. The second-order valence-electron chi connectivity index (χ2n) is 9.77. The van der Waals surface area contributed by atoms with Crippen molar-refractivity contribution in [3.05, 3.63) is 12.2 Å². The Bertz CT molecular complexity index is 825. The smallest absolute Gasteiger partial charge is 0.320 e. The van der Waals surface area contributed by atoms with Crippen molar-refractivity contribution in [2.75, 3.05) is 0 Å². The van der Waals surface area contributed by atoms with Crippen molar-refractivity contribution in [3.8, 4) is 0 Å². The molecule has 3 saturated carbocycles. The number of hydrogen-bond donors (Lipinski definition) is 3. The van der Waals surface area contributed by atoms with Gasteiger partial charge in [0.2, 0.25) is 0 Å². The minimum Gasteiger partial charge on any atom is -0.461 e. The number of carbonyl (C=O) groups excluding carboxylic acids is 2. The molecule has 3 aliphatic heterocycles. The molecule has 0 aromatic rings. The van der Waals surface area contributed by atoms with Crippen LogP contribution in [0.1, 0.15) is 32.6 Å². The van der Waals surface area contributed by atoms with Crippen molar-refractivity contribution in [2.24, 2.45) is 34.0 Å². The van der Waals surface area contributed by atoms with Crippen LogP contribution in [-0.2, 0) is 23.8 Å². The van der Waals surface area contributed by atoms with Crippen LogP contribution in [0.25, 0.3) is 0 Å². The molecule has 2 spiro atoms. The molecule has 3 aliphatic carbocycles. The summed E-state index contributed by atoms with van der Waals surface area (Å²) in [4.78, 5) is 26.5. The third-order valence-corrected chi connectivity index (χ3v) is 8.89. The highest BCUT2D eigenvalue weighted by Gasteiger charge is 2.84. The van der Waals surface area contributed by atoms with Crippen molar-refractivity contribution in [3.63, 3.8) is 0 Å². The highest BCUT2D eigenvalue weighted by Crippen LogP contribution is 2.74. The lowest BCUT2D eigenvalue weighted by atomic mass is 9.43. The molecule has 6 fully saturated rings. The number of aliphatic hydroxyl groups is 3. The van der Waals surface area contributed by atoms with E-state index in [4.69, 9.17) is 14.2 Å². The van der Waals surface area contributed by atoms with E-state index in [1.54, 1.807) is 0 Å². The lowest BCUT2D eigenvalue weighted by Crippen LogP contribution is -2.72. The quantitative estimate of drug-likeness (QED) is 0.296. The van der Waals surface area contributed by atoms with E-state index in [9.17, 15) is 24.9 Å². The van der Waals surface area contributed by atoms with E-state index in [1.807, 2.05) is 6.92 Å². The summed E-state index contributed by atoms with van der Waals surface area (Å²) in [5.74, 6) is -2.66. The maximum Gasteiger partial charge on any atom is 0.320 e. The van der Waals surface area contributed by atoms with E-state index in [0.717, 1.165) is 0 Å². The minimum atomic E-state index is -1.55. The molecule has 3 saturated heterocycles. The molecule has 3 heterocycles. The molecule has 0 aromatic carbocycles. The topological polar surface area (TPSA) is 123 Å². The Morgan fingerprint density at radius 2 is 1.82 bits per heavy atom. The molecule has 0 radical (unpaired) electrons. The van der Waals surface area contributed by atoms with E-state index in [2.05, 4.69) is 6.58 Å². The summed E-state index contributed by atoms with van der Waals surface area (Å²) in [6.45, 7) is 5.75. The van der Waals surface area contributed by atoms with Gasteiger partial charge >= 0.3 is 5.97 Å². The van der Waals surface area contributed by atoms with Gasteiger partial charge in [-0.05, 0) is 37.2 Å². The van der Waals surface area contributed by atoms with Gasteiger partial charge in [-0.15, -0.1) is 0 Å². The fraction of sp³-hybridized carbons (Fsp3) is 0.800. The molecule has 11 atom stereocenters. The molecule has 3 unspecified atom stereocenters. The van der Waals surface area contributed by atoms with Gasteiger partial charge in [0.25, 0.3) is 0 Å². The predicted octanol–water partition coefficient (Wildman–Crippen LogP) is -0.150. The third-order valence-electron chi connectivity index (χ3n) is 8.89. The largest absolute Gasteiger partial charge is 0.461 e. The zero-order valence-corrected chi connectivity index (χ0v) is 15.5. The zero-order chi connectivity index (χ0) is 19.8. The molecule has 8 nitrogen and oxygen atoms in total. The minimum absolute atomic E-state index is 0.240. The number of ether oxygens (including phenoxy) is 3. The average Bonchev–Trinajstić information content (AvgIpc) is 3.14. The number of hydrogen-bond acceptors (Lipinski definition) is 8. The molecule has 6 rings (SSSR count). The number of aliphatic hydroxyl groups excluding tert-OH is 3. The number of Topliss-reactive ketones (excluding diaryl/α,β-unsaturated/α-hetero) is 1. The molecule has 2 bridgehead atoms. The van der Waals surface area contributed by atoms with Crippen molar-refractivity contribution >= 4 is 11.8 Å². The van der Waals surface area contributed by atoms with Gasteiger partial charge in [0, 0.05) is 17.3 Å². The number of carbonyl (C=O) groups is 2. The Hall–Kier alpha value is -1.32. The maximum atomic E-state index is 13.3. The van der Waals surface area contributed by atoms with Crippen molar-refractivity contribution in [1.29, 1.82) is 0 Å². The Morgan fingerprint density at radius 1 is 1.11 bits per heavy atom. The number of fused-ring (bicyclic) bond motifs is 1. The summed E-state index contributed by atoms with van der Waals surface area (Å²) in [7, 11) is 0. The normalized spacial score (nSPS) is 61.6. The van der Waals surface area contributed by atoms with Crippen molar-refractivity contribution in [1.82, 2.24) is 0 Å². The fourth-order valence-electron chi connectivity index (χ4n) is 7.80. The van der Waals surface area contributed by atoms with Gasteiger partial charge in [-0.25, -0.2) is 0 Å². The summed E-state index contributed by atoms with van der Waals surface area (Å²) in [5.41, 5.74) is -3.16. The van der Waals surface area contributed by atoms with E-state index in [0.29, 0.717) is 24.8 Å². The second-order valence-corrected chi connectivity index (χ2v) is 9.77. The summed E-state index contributed by atoms with van der Waals surface area (Å²) in [6, 6.07) is 0. The highest BCUT2D eigenvalue weighted by atomic mass is 16.8. The Kier molecular flexibility index (Phi) is 3.05. The second kappa shape index (κ2) is 4.87. The van der Waals surface area contributed by atoms with Gasteiger partial charge in [-0.3, -0.25) is 9.59 Å². The average molecular weight is 392 g/mol. The summed E-state index contributed by atoms with van der Waals surface area (Å²) < 4.78 is 17.2. The zero-order valence-electron chi connectivity index (χ0n) is 15.5. The first-order valence-corrected chi connectivity index (χ1v) is 9.99. The van der Waals surface area contributed by atoms with Gasteiger partial charge in [0.05, 0.1) is 11.5 Å². The van der Waals surface area contributed by atoms with Crippen LogP contribution < -0.4 is 0 Å². The van der Waals surface area contributed by atoms with Crippen LogP contribution in [0.15, 0.2) is 12.2 Å². The summed E-state index contributed by atoms with van der Waals surface area (Å²) in [6.07, 6.45) is -3.59. The van der Waals surface area contributed by atoms with Crippen LogP contribution in [0.3, 0.4) is 0 Å². The molecule has 0 amide bonds. The molecular formula is C20H24O8. The number of esters is 1. The Morgan fingerprint density at radius 3 is 2.57 bits per heavy atom. The SMILES string of the molecule is C=C1C(=O)[C@]23C[C@@H]1C[C@@H](O)[C@H]2C12C(O)O[C@@H]4OC(O)[C@](C)(CC[C@@H]1OC3=O)[C@@H]42.